The minimum absolute atomic E-state index is 0.444. The van der Waals surface area contributed by atoms with Crippen molar-refractivity contribution in [2.24, 2.45) is 0 Å². The number of hydrogen-bond donors (Lipinski definition) is 0. The van der Waals surface area contributed by atoms with E-state index in [2.05, 4.69) is 28.9 Å². The first-order chi connectivity index (χ1) is 5.77. The number of aromatic nitrogens is 2. The van der Waals surface area contributed by atoms with Crippen LogP contribution in [0.15, 0.2) is 12.3 Å². The highest BCUT2D eigenvalue weighted by Crippen LogP contribution is 2.14. The Balaban J connectivity index is 2.85. The van der Waals surface area contributed by atoms with E-state index in [-0.39, 0.29) is 0 Å². The maximum absolute atomic E-state index is 5.70. The summed E-state index contributed by atoms with van der Waals surface area (Å²) in [4.78, 5) is 2.17. The summed E-state index contributed by atoms with van der Waals surface area (Å²) in [5, 5.41) is 7.90. The van der Waals surface area contributed by atoms with Crippen molar-refractivity contribution in [3.8, 4) is 0 Å². The minimum atomic E-state index is 0.444. The van der Waals surface area contributed by atoms with Crippen LogP contribution in [0.3, 0.4) is 0 Å². The Morgan fingerprint density at radius 1 is 1.42 bits per heavy atom. The molecule has 1 aromatic rings. The largest absolute Gasteiger partial charge is 0.371 e. The second-order valence-corrected chi connectivity index (χ2v) is 2.80. The third kappa shape index (κ3) is 2.08. The fourth-order valence-electron chi connectivity index (χ4n) is 1.09. The molecule has 3 nitrogen and oxygen atoms in total. The predicted octanol–water partition coefficient (Wildman–Crippen LogP) is 1.98. The Labute approximate surface area is 77.4 Å². The monoisotopic (exact) mass is 185 g/mol. The molecule has 0 amide bonds. The van der Waals surface area contributed by atoms with E-state index in [0.29, 0.717) is 5.15 Å². The van der Waals surface area contributed by atoms with Gasteiger partial charge in [0.2, 0.25) is 0 Å². The third-order valence-corrected chi connectivity index (χ3v) is 1.92. The van der Waals surface area contributed by atoms with Crippen molar-refractivity contribution in [2.45, 2.75) is 13.8 Å². The summed E-state index contributed by atoms with van der Waals surface area (Å²) in [5.74, 6) is 0. The third-order valence-electron chi connectivity index (χ3n) is 1.74. The lowest BCUT2D eigenvalue weighted by Gasteiger charge is -2.19. The Bertz CT molecular complexity index is 248. The molecular formula is C8H12ClN3. The van der Waals surface area contributed by atoms with Crippen LogP contribution in [-0.2, 0) is 0 Å². The fraction of sp³-hybridized carbons (Fsp3) is 0.500. The lowest BCUT2D eigenvalue weighted by Crippen LogP contribution is -2.21. The van der Waals surface area contributed by atoms with Crippen LogP contribution >= 0.6 is 11.6 Å². The first kappa shape index (κ1) is 9.26. The van der Waals surface area contributed by atoms with E-state index in [1.807, 2.05) is 6.07 Å². The maximum atomic E-state index is 5.70. The maximum Gasteiger partial charge on any atom is 0.153 e. The van der Waals surface area contributed by atoms with Crippen molar-refractivity contribution in [3.63, 3.8) is 0 Å². The van der Waals surface area contributed by atoms with Gasteiger partial charge in [-0.1, -0.05) is 11.6 Å². The SMILES string of the molecule is CCN(CC)c1cnnc(Cl)c1. The first-order valence-corrected chi connectivity index (χ1v) is 4.39. The first-order valence-electron chi connectivity index (χ1n) is 4.01. The van der Waals surface area contributed by atoms with Crippen LogP contribution in [-0.4, -0.2) is 23.3 Å². The smallest absolute Gasteiger partial charge is 0.153 e. The minimum Gasteiger partial charge on any atom is -0.371 e. The molecule has 0 aliphatic heterocycles. The van der Waals surface area contributed by atoms with Crippen molar-refractivity contribution in [1.29, 1.82) is 0 Å². The van der Waals surface area contributed by atoms with Gasteiger partial charge in [-0.05, 0) is 13.8 Å². The molecule has 1 heterocycles. The molecule has 0 fully saturated rings. The van der Waals surface area contributed by atoms with Gasteiger partial charge in [-0.15, -0.1) is 5.10 Å². The van der Waals surface area contributed by atoms with E-state index in [1.165, 1.54) is 0 Å². The molecule has 0 aliphatic carbocycles. The normalized spacial score (nSPS) is 9.92. The number of halogens is 1. The molecule has 1 aromatic heterocycles. The summed E-state index contributed by atoms with van der Waals surface area (Å²) in [6.45, 7) is 6.10. The second kappa shape index (κ2) is 4.26. The summed E-state index contributed by atoms with van der Waals surface area (Å²) in [7, 11) is 0. The molecule has 0 unspecified atom stereocenters. The number of nitrogens with zero attached hydrogens (tertiary/aromatic N) is 3. The topological polar surface area (TPSA) is 29.0 Å². The van der Waals surface area contributed by atoms with Crippen molar-refractivity contribution in [3.05, 3.63) is 17.4 Å². The van der Waals surface area contributed by atoms with E-state index in [4.69, 9.17) is 11.6 Å². The predicted molar refractivity (Wildman–Crippen MR) is 50.6 cm³/mol. The van der Waals surface area contributed by atoms with Crippen molar-refractivity contribution >= 4 is 17.3 Å². The zero-order valence-corrected chi connectivity index (χ0v) is 8.04. The molecule has 0 bridgehead atoms. The fourth-order valence-corrected chi connectivity index (χ4v) is 1.25. The van der Waals surface area contributed by atoms with Crippen molar-refractivity contribution < 1.29 is 0 Å². The summed E-state index contributed by atoms with van der Waals surface area (Å²) < 4.78 is 0. The highest BCUT2D eigenvalue weighted by molar-refractivity contribution is 6.29. The van der Waals surface area contributed by atoms with Crippen molar-refractivity contribution in [1.82, 2.24) is 10.2 Å². The quantitative estimate of drug-likeness (QED) is 0.721. The highest BCUT2D eigenvalue weighted by Gasteiger charge is 2.02. The lowest BCUT2D eigenvalue weighted by atomic mass is 10.4. The standard InChI is InChI=1S/C8H12ClN3/c1-3-12(4-2)7-5-8(9)11-10-6-7/h5-6H,3-4H2,1-2H3. The molecule has 12 heavy (non-hydrogen) atoms. The molecule has 0 radical (unpaired) electrons. The van der Waals surface area contributed by atoms with Crippen molar-refractivity contribution in [2.75, 3.05) is 18.0 Å². The van der Waals surface area contributed by atoms with Crippen LogP contribution in [0.5, 0.6) is 0 Å². The Hall–Kier alpha value is -0.830. The van der Waals surface area contributed by atoms with Gasteiger partial charge in [-0.25, -0.2) is 0 Å². The Morgan fingerprint density at radius 2 is 2.08 bits per heavy atom. The highest BCUT2D eigenvalue weighted by atomic mass is 35.5. The molecule has 0 aliphatic rings. The number of rotatable bonds is 3. The molecule has 0 atom stereocenters. The molecule has 0 N–H and O–H groups in total. The van der Waals surface area contributed by atoms with Gasteiger partial charge in [0.05, 0.1) is 11.9 Å². The summed E-state index contributed by atoms with van der Waals surface area (Å²) in [6, 6.07) is 1.82. The Morgan fingerprint density at radius 3 is 2.58 bits per heavy atom. The molecule has 0 spiro atoms. The van der Waals surface area contributed by atoms with Crippen LogP contribution in [0.1, 0.15) is 13.8 Å². The molecule has 0 saturated carbocycles. The van der Waals surface area contributed by atoms with Gasteiger partial charge in [-0.2, -0.15) is 5.10 Å². The number of hydrogen-bond acceptors (Lipinski definition) is 3. The average molecular weight is 186 g/mol. The molecule has 4 heteroatoms. The molecule has 66 valence electrons. The van der Waals surface area contributed by atoms with Gasteiger partial charge in [0.15, 0.2) is 5.15 Å². The van der Waals surface area contributed by atoms with Crippen LogP contribution in [0, 0.1) is 0 Å². The lowest BCUT2D eigenvalue weighted by molar-refractivity contribution is 0.854. The zero-order valence-electron chi connectivity index (χ0n) is 7.29. The van der Waals surface area contributed by atoms with Crippen LogP contribution in [0.25, 0.3) is 0 Å². The average Bonchev–Trinajstić information content (AvgIpc) is 2.07. The van der Waals surface area contributed by atoms with E-state index in [1.54, 1.807) is 6.20 Å². The molecule has 0 saturated heterocycles. The summed E-state index contributed by atoms with van der Waals surface area (Å²) >= 11 is 5.70. The van der Waals surface area contributed by atoms with Crippen LogP contribution in [0.2, 0.25) is 5.15 Å². The zero-order chi connectivity index (χ0) is 8.97. The molecule has 0 aromatic carbocycles. The van der Waals surface area contributed by atoms with Gasteiger partial charge < -0.3 is 4.90 Å². The van der Waals surface area contributed by atoms with Gasteiger partial charge in [0.25, 0.3) is 0 Å². The van der Waals surface area contributed by atoms with Gasteiger partial charge >= 0.3 is 0 Å². The molecule has 1 rings (SSSR count). The van der Waals surface area contributed by atoms with E-state index < -0.39 is 0 Å². The van der Waals surface area contributed by atoms with Gasteiger partial charge in [0.1, 0.15) is 0 Å². The van der Waals surface area contributed by atoms with E-state index in [9.17, 15) is 0 Å². The van der Waals surface area contributed by atoms with E-state index in [0.717, 1.165) is 18.8 Å². The van der Waals surface area contributed by atoms with Crippen LogP contribution < -0.4 is 4.90 Å². The van der Waals surface area contributed by atoms with E-state index >= 15 is 0 Å². The van der Waals surface area contributed by atoms with Gasteiger partial charge in [0, 0.05) is 19.2 Å². The van der Waals surface area contributed by atoms with Gasteiger partial charge in [-0.3, -0.25) is 0 Å². The Kier molecular flexibility index (Phi) is 3.29. The summed E-state index contributed by atoms with van der Waals surface area (Å²) in [6.07, 6.45) is 1.72. The summed E-state index contributed by atoms with van der Waals surface area (Å²) in [5.41, 5.74) is 1.03. The number of anilines is 1. The molecular weight excluding hydrogens is 174 g/mol. The van der Waals surface area contributed by atoms with Crippen LogP contribution in [0.4, 0.5) is 5.69 Å². The second-order valence-electron chi connectivity index (χ2n) is 2.41.